The van der Waals surface area contributed by atoms with E-state index >= 15 is 0 Å². The number of halogens is 1. The molecule has 1 aliphatic carbocycles. The van der Waals surface area contributed by atoms with Crippen LogP contribution in [0.2, 0.25) is 0 Å². The molecule has 0 nitrogen and oxygen atoms in total. The molecular formula is C12H13Cl. The molecule has 0 aromatic heterocycles. The minimum atomic E-state index is 0.455. The summed E-state index contributed by atoms with van der Waals surface area (Å²) in [7, 11) is 0. The Morgan fingerprint density at radius 3 is 2.62 bits per heavy atom. The molecule has 1 aliphatic rings. The lowest BCUT2D eigenvalue weighted by Crippen LogP contribution is -2.02. The molecule has 0 radical (unpaired) electrons. The second kappa shape index (κ2) is 3.97. The third-order valence-electron chi connectivity index (χ3n) is 2.57. The summed E-state index contributed by atoms with van der Waals surface area (Å²) in [6, 6.07) is 10.5. The third kappa shape index (κ3) is 1.94. The van der Waals surface area contributed by atoms with Gasteiger partial charge in [0.05, 0.1) is 0 Å². The first-order chi connectivity index (χ1) is 6.38. The third-order valence-corrected chi connectivity index (χ3v) is 2.99. The highest BCUT2D eigenvalue weighted by molar-refractivity contribution is 6.30. The second-order valence-corrected chi connectivity index (χ2v) is 3.92. The van der Waals surface area contributed by atoms with Crippen molar-refractivity contribution in [2.75, 3.05) is 0 Å². The second-order valence-electron chi connectivity index (χ2n) is 3.48. The average Bonchev–Trinajstić information content (AvgIpc) is 2.20. The smallest absolute Gasteiger partial charge is 0.0216 e. The van der Waals surface area contributed by atoms with E-state index in [2.05, 4.69) is 30.3 Å². The monoisotopic (exact) mass is 192 g/mol. The van der Waals surface area contributed by atoms with Crippen molar-refractivity contribution in [1.82, 2.24) is 0 Å². The lowest BCUT2D eigenvalue weighted by atomic mass is 9.89. The first-order valence-electron chi connectivity index (χ1n) is 4.78. The van der Waals surface area contributed by atoms with Crippen LogP contribution in [0.3, 0.4) is 0 Å². The molecule has 1 atom stereocenters. The molecule has 0 spiro atoms. The van der Waals surface area contributed by atoms with Crippen molar-refractivity contribution in [3.8, 4) is 0 Å². The van der Waals surface area contributed by atoms with Gasteiger partial charge < -0.3 is 0 Å². The Bertz CT molecular complexity index is 300. The van der Waals surface area contributed by atoms with E-state index < -0.39 is 0 Å². The van der Waals surface area contributed by atoms with Gasteiger partial charge in [0.25, 0.3) is 0 Å². The van der Waals surface area contributed by atoms with Gasteiger partial charge in [-0.15, -0.1) is 0 Å². The molecule has 0 aliphatic heterocycles. The summed E-state index contributed by atoms with van der Waals surface area (Å²) in [6.45, 7) is 0. The van der Waals surface area contributed by atoms with Gasteiger partial charge >= 0.3 is 0 Å². The lowest BCUT2D eigenvalue weighted by molar-refractivity contribution is 0.645. The van der Waals surface area contributed by atoms with Crippen LogP contribution in [-0.4, -0.2) is 0 Å². The van der Waals surface area contributed by atoms with Gasteiger partial charge in [0.15, 0.2) is 0 Å². The highest BCUT2D eigenvalue weighted by Gasteiger charge is 2.17. The molecule has 2 rings (SSSR count). The summed E-state index contributed by atoms with van der Waals surface area (Å²) in [4.78, 5) is 0. The fraction of sp³-hybridized carbons (Fsp3) is 0.333. The van der Waals surface area contributed by atoms with Crippen LogP contribution in [0.4, 0.5) is 0 Å². The Hall–Kier alpha value is -0.750. The summed E-state index contributed by atoms with van der Waals surface area (Å²) in [5.41, 5.74) is 1.35. The van der Waals surface area contributed by atoms with Crippen LogP contribution in [0, 0.1) is 0 Å². The van der Waals surface area contributed by atoms with E-state index in [1.54, 1.807) is 0 Å². The standard InChI is InChI=1S/C12H13Cl/c13-12-9-5-4-8-11(12)10-6-2-1-3-7-10/h1-3,6-7,9,11H,4-5,8H2. The van der Waals surface area contributed by atoms with Gasteiger partial charge in [-0.2, -0.15) is 0 Å². The molecule has 0 heterocycles. The molecule has 0 amide bonds. The molecule has 1 aromatic rings. The summed E-state index contributed by atoms with van der Waals surface area (Å²) in [5, 5.41) is 1.03. The van der Waals surface area contributed by atoms with Crippen molar-refractivity contribution < 1.29 is 0 Å². The van der Waals surface area contributed by atoms with Crippen molar-refractivity contribution in [3.63, 3.8) is 0 Å². The Morgan fingerprint density at radius 2 is 1.92 bits per heavy atom. The SMILES string of the molecule is ClC1=CCCCC1c1ccccc1. The van der Waals surface area contributed by atoms with Gasteiger partial charge in [-0.05, 0) is 24.8 Å². The molecule has 0 saturated carbocycles. The Balaban J connectivity index is 2.26. The normalized spacial score (nSPS) is 22.5. The Kier molecular flexibility index (Phi) is 2.70. The average molecular weight is 193 g/mol. The highest BCUT2D eigenvalue weighted by atomic mass is 35.5. The lowest BCUT2D eigenvalue weighted by Gasteiger charge is -2.20. The van der Waals surface area contributed by atoms with Crippen molar-refractivity contribution in [2.24, 2.45) is 0 Å². The number of rotatable bonds is 1. The number of hydrogen-bond donors (Lipinski definition) is 0. The van der Waals surface area contributed by atoms with Crippen LogP contribution < -0.4 is 0 Å². The van der Waals surface area contributed by atoms with Gasteiger partial charge in [-0.25, -0.2) is 0 Å². The van der Waals surface area contributed by atoms with E-state index in [1.807, 2.05) is 6.07 Å². The van der Waals surface area contributed by atoms with Gasteiger partial charge in [0, 0.05) is 11.0 Å². The van der Waals surface area contributed by atoms with Crippen LogP contribution in [0.5, 0.6) is 0 Å². The predicted molar refractivity (Wildman–Crippen MR) is 57.0 cm³/mol. The zero-order valence-electron chi connectivity index (χ0n) is 7.54. The molecule has 0 bridgehead atoms. The quantitative estimate of drug-likeness (QED) is 0.629. The van der Waals surface area contributed by atoms with E-state index in [0.717, 1.165) is 11.5 Å². The number of benzene rings is 1. The summed E-state index contributed by atoms with van der Waals surface area (Å²) in [5.74, 6) is 0.455. The largest absolute Gasteiger partial charge is 0.0888 e. The predicted octanol–water partition coefficient (Wildman–Crippen LogP) is 4.08. The van der Waals surface area contributed by atoms with Crippen LogP contribution in [0.1, 0.15) is 30.7 Å². The molecular weight excluding hydrogens is 180 g/mol. The van der Waals surface area contributed by atoms with Crippen LogP contribution >= 0.6 is 11.6 Å². The van der Waals surface area contributed by atoms with E-state index in [0.29, 0.717) is 5.92 Å². The van der Waals surface area contributed by atoms with Crippen LogP contribution in [-0.2, 0) is 0 Å². The maximum absolute atomic E-state index is 6.18. The molecule has 13 heavy (non-hydrogen) atoms. The molecule has 1 unspecified atom stereocenters. The zero-order valence-corrected chi connectivity index (χ0v) is 8.30. The van der Waals surface area contributed by atoms with Gasteiger partial charge in [0.2, 0.25) is 0 Å². The van der Waals surface area contributed by atoms with Crippen molar-refractivity contribution in [2.45, 2.75) is 25.2 Å². The summed E-state index contributed by atoms with van der Waals surface area (Å²) >= 11 is 6.18. The van der Waals surface area contributed by atoms with E-state index in [-0.39, 0.29) is 0 Å². The Morgan fingerprint density at radius 1 is 1.15 bits per heavy atom. The molecule has 68 valence electrons. The first-order valence-corrected chi connectivity index (χ1v) is 5.16. The Labute approximate surface area is 84.2 Å². The molecule has 0 saturated heterocycles. The van der Waals surface area contributed by atoms with Crippen LogP contribution in [0.25, 0.3) is 0 Å². The molecule has 0 N–H and O–H groups in total. The van der Waals surface area contributed by atoms with Gasteiger partial charge in [-0.1, -0.05) is 48.0 Å². The molecule has 0 fully saturated rings. The fourth-order valence-electron chi connectivity index (χ4n) is 1.85. The fourth-order valence-corrected chi connectivity index (χ4v) is 2.20. The minimum Gasteiger partial charge on any atom is -0.0888 e. The van der Waals surface area contributed by atoms with Crippen molar-refractivity contribution in [1.29, 1.82) is 0 Å². The van der Waals surface area contributed by atoms with Crippen molar-refractivity contribution in [3.05, 3.63) is 47.0 Å². The van der Waals surface area contributed by atoms with E-state index in [4.69, 9.17) is 11.6 Å². The topological polar surface area (TPSA) is 0 Å². The van der Waals surface area contributed by atoms with Crippen molar-refractivity contribution >= 4 is 11.6 Å². The highest BCUT2D eigenvalue weighted by Crippen LogP contribution is 2.35. The zero-order chi connectivity index (χ0) is 9.10. The van der Waals surface area contributed by atoms with Crippen LogP contribution in [0.15, 0.2) is 41.4 Å². The first kappa shape index (κ1) is 8.83. The maximum atomic E-state index is 6.18. The maximum Gasteiger partial charge on any atom is 0.0216 e. The van der Waals surface area contributed by atoms with Gasteiger partial charge in [0.1, 0.15) is 0 Å². The van der Waals surface area contributed by atoms with Gasteiger partial charge in [-0.3, -0.25) is 0 Å². The summed E-state index contributed by atoms with van der Waals surface area (Å²) in [6.07, 6.45) is 5.75. The van der Waals surface area contributed by atoms with E-state index in [1.165, 1.54) is 18.4 Å². The number of hydrogen-bond acceptors (Lipinski definition) is 0. The molecule has 1 heteroatoms. The minimum absolute atomic E-state index is 0.455. The van der Waals surface area contributed by atoms with E-state index in [9.17, 15) is 0 Å². The molecule has 1 aromatic carbocycles. The number of allylic oxidation sites excluding steroid dienone is 2. The summed E-state index contributed by atoms with van der Waals surface area (Å²) < 4.78 is 0.